The second-order valence-electron chi connectivity index (χ2n) is 5.51. The maximum absolute atomic E-state index is 13.5. The van der Waals surface area contributed by atoms with Crippen molar-refractivity contribution in [3.05, 3.63) is 57.6 Å². The molecule has 134 valence electrons. The molecule has 0 radical (unpaired) electrons. The number of nitro groups is 1. The van der Waals surface area contributed by atoms with Gasteiger partial charge in [0, 0.05) is 12.1 Å². The second-order valence-corrected chi connectivity index (χ2v) is 5.51. The largest absolute Gasteiger partial charge is 0.494 e. The molecule has 25 heavy (non-hydrogen) atoms. The molecular formula is C18H18F3NO3. The molecule has 0 heterocycles. The standard InChI is InChI=1S/C18H18F3NO3/c1-3-9-25-14-6-8-16(17(11-14)18(19,20)21)15-7-5-13(22(23)24)10-12(15)4-2/h5-8,10-11H,3-4,9H2,1-2H3. The van der Waals surface area contributed by atoms with Crippen LogP contribution < -0.4 is 4.74 Å². The van der Waals surface area contributed by atoms with E-state index in [1.54, 1.807) is 6.92 Å². The molecule has 7 heteroatoms. The van der Waals surface area contributed by atoms with Crippen LogP contribution in [0.2, 0.25) is 0 Å². The minimum atomic E-state index is -4.56. The summed E-state index contributed by atoms with van der Waals surface area (Å²) in [5, 5.41) is 10.9. The Labute approximate surface area is 143 Å². The monoisotopic (exact) mass is 353 g/mol. The SMILES string of the molecule is CCCOc1ccc(-c2ccc([N+](=O)[O-])cc2CC)c(C(F)(F)F)c1. The van der Waals surface area contributed by atoms with Crippen LogP contribution in [0.25, 0.3) is 11.1 Å². The van der Waals surface area contributed by atoms with E-state index in [-0.39, 0.29) is 17.0 Å². The van der Waals surface area contributed by atoms with Gasteiger partial charge in [-0.05, 0) is 47.7 Å². The molecule has 0 N–H and O–H groups in total. The van der Waals surface area contributed by atoms with E-state index in [0.717, 1.165) is 6.07 Å². The van der Waals surface area contributed by atoms with Gasteiger partial charge in [0.15, 0.2) is 0 Å². The highest BCUT2D eigenvalue weighted by Crippen LogP contribution is 2.41. The van der Waals surface area contributed by atoms with Crippen LogP contribution >= 0.6 is 0 Å². The van der Waals surface area contributed by atoms with Gasteiger partial charge in [-0.3, -0.25) is 10.1 Å². The van der Waals surface area contributed by atoms with Gasteiger partial charge in [-0.2, -0.15) is 13.2 Å². The Morgan fingerprint density at radius 3 is 2.32 bits per heavy atom. The van der Waals surface area contributed by atoms with Crippen molar-refractivity contribution in [2.24, 2.45) is 0 Å². The molecule has 2 aromatic rings. The number of alkyl halides is 3. The number of ether oxygens (including phenoxy) is 1. The normalized spacial score (nSPS) is 11.4. The second kappa shape index (κ2) is 7.55. The van der Waals surface area contributed by atoms with Crippen LogP contribution in [0.5, 0.6) is 5.75 Å². The summed E-state index contributed by atoms with van der Waals surface area (Å²) in [7, 11) is 0. The van der Waals surface area contributed by atoms with E-state index in [9.17, 15) is 23.3 Å². The van der Waals surface area contributed by atoms with Gasteiger partial charge in [-0.15, -0.1) is 0 Å². The molecule has 4 nitrogen and oxygen atoms in total. The average Bonchev–Trinajstić information content (AvgIpc) is 2.58. The predicted octanol–water partition coefficient (Wildman–Crippen LogP) is 5.63. The van der Waals surface area contributed by atoms with Gasteiger partial charge in [0.25, 0.3) is 5.69 Å². The first-order valence-corrected chi connectivity index (χ1v) is 7.89. The van der Waals surface area contributed by atoms with Crippen LogP contribution in [0, 0.1) is 10.1 Å². The van der Waals surface area contributed by atoms with Gasteiger partial charge in [0.2, 0.25) is 0 Å². The summed E-state index contributed by atoms with van der Waals surface area (Å²) in [5.74, 6) is 0.151. The molecular weight excluding hydrogens is 335 g/mol. The zero-order chi connectivity index (χ0) is 18.6. The lowest BCUT2D eigenvalue weighted by Gasteiger charge is -2.17. The summed E-state index contributed by atoms with van der Waals surface area (Å²) < 4.78 is 45.8. The van der Waals surface area contributed by atoms with Crippen molar-refractivity contribution in [1.82, 2.24) is 0 Å². The van der Waals surface area contributed by atoms with Crippen LogP contribution in [-0.2, 0) is 12.6 Å². The quantitative estimate of drug-likeness (QED) is 0.499. The number of aryl methyl sites for hydroxylation is 1. The molecule has 0 atom stereocenters. The molecule has 2 aromatic carbocycles. The summed E-state index contributed by atoms with van der Waals surface area (Å²) in [5.41, 5.74) is -0.144. The van der Waals surface area contributed by atoms with Crippen molar-refractivity contribution in [2.75, 3.05) is 6.61 Å². The van der Waals surface area contributed by atoms with Crippen LogP contribution in [0.4, 0.5) is 18.9 Å². The maximum atomic E-state index is 13.5. The number of hydrogen-bond acceptors (Lipinski definition) is 3. The molecule has 0 aliphatic rings. The highest BCUT2D eigenvalue weighted by atomic mass is 19.4. The number of nitrogens with zero attached hydrogens (tertiary/aromatic N) is 1. The van der Waals surface area contributed by atoms with Crippen LogP contribution in [0.3, 0.4) is 0 Å². The summed E-state index contributed by atoms with van der Waals surface area (Å²) in [4.78, 5) is 10.3. The Balaban J connectivity index is 2.60. The van der Waals surface area contributed by atoms with E-state index in [4.69, 9.17) is 4.74 Å². The minimum absolute atomic E-state index is 0.0110. The molecule has 0 aliphatic heterocycles. The van der Waals surface area contributed by atoms with Crippen molar-refractivity contribution in [3.8, 4) is 16.9 Å². The van der Waals surface area contributed by atoms with Crippen LogP contribution in [-0.4, -0.2) is 11.5 Å². The van der Waals surface area contributed by atoms with E-state index in [2.05, 4.69) is 0 Å². The number of benzene rings is 2. The topological polar surface area (TPSA) is 52.4 Å². The van der Waals surface area contributed by atoms with Gasteiger partial charge in [-0.25, -0.2) is 0 Å². The molecule has 0 aromatic heterocycles. The average molecular weight is 353 g/mol. The molecule has 0 aliphatic carbocycles. The Morgan fingerprint density at radius 1 is 1.08 bits per heavy atom. The van der Waals surface area contributed by atoms with E-state index in [0.29, 0.717) is 30.6 Å². The van der Waals surface area contributed by atoms with Crippen molar-refractivity contribution < 1.29 is 22.8 Å². The van der Waals surface area contributed by atoms with E-state index < -0.39 is 16.7 Å². The summed E-state index contributed by atoms with van der Waals surface area (Å²) in [6.07, 6.45) is -3.50. The predicted molar refractivity (Wildman–Crippen MR) is 88.7 cm³/mol. The Kier molecular flexibility index (Phi) is 5.66. The van der Waals surface area contributed by atoms with E-state index in [1.807, 2.05) is 6.92 Å². The summed E-state index contributed by atoms with van der Waals surface area (Å²) >= 11 is 0. The minimum Gasteiger partial charge on any atom is -0.494 e. The summed E-state index contributed by atoms with van der Waals surface area (Å²) in [6.45, 7) is 3.94. The van der Waals surface area contributed by atoms with Crippen molar-refractivity contribution in [1.29, 1.82) is 0 Å². The zero-order valence-electron chi connectivity index (χ0n) is 13.9. The van der Waals surface area contributed by atoms with Gasteiger partial charge in [0.05, 0.1) is 17.1 Å². The van der Waals surface area contributed by atoms with Gasteiger partial charge < -0.3 is 4.74 Å². The van der Waals surface area contributed by atoms with Crippen molar-refractivity contribution in [2.45, 2.75) is 32.9 Å². The first-order chi connectivity index (χ1) is 11.8. The van der Waals surface area contributed by atoms with Gasteiger partial charge >= 0.3 is 6.18 Å². The first kappa shape index (κ1) is 18.8. The molecule has 0 saturated carbocycles. The lowest BCUT2D eigenvalue weighted by Crippen LogP contribution is -2.09. The zero-order valence-corrected chi connectivity index (χ0v) is 13.9. The van der Waals surface area contributed by atoms with Crippen LogP contribution in [0.15, 0.2) is 36.4 Å². The third kappa shape index (κ3) is 4.29. The third-order valence-electron chi connectivity index (χ3n) is 3.74. The lowest BCUT2D eigenvalue weighted by molar-refractivity contribution is -0.384. The van der Waals surface area contributed by atoms with Crippen molar-refractivity contribution >= 4 is 5.69 Å². The number of rotatable bonds is 6. The Hall–Kier alpha value is -2.57. The maximum Gasteiger partial charge on any atom is 0.417 e. The first-order valence-electron chi connectivity index (χ1n) is 7.89. The van der Waals surface area contributed by atoms with E-state index in [1.165, 1.54) is 30.3 Å². The Morgan fingerprint density at radius 2 is 1.76 bits per heavy atom. The molecule has 0 fully saturated rings. The fourth-order valence-corrected chi connectivity index (χ4v) is 2.55. The molecule has 0 amide bonds. The molecule has 0 bridgehead atoms. The number of non-ortho nitro benzene ring substituents is 1. The fourth-order valence-electron chi connectivity index (χ4n) is 2.55. The number of nitro benzene ring substituents is 1. The van der Waals surface area contributed by atoms with Crippen molar-refractivity contribution in [3.63, 3.8) is 0 Å². The summed E-state index contributed by atoms with van der Waals surface area (Å²) in [6, 6.07) is 7.72. The molecule has 0 saturated heterocycles. The number of hydrogen-bond donors (Lipinski definition) is 0. The van der Waals surface area contributed by atoms with Gasteiger partial charge in [-0.1, -0.05) is 19.9 Å². The van der Waals surface area contributed by atoms with Crippen LogP contribution in [0.1, 0.15) is 31.4 Å². The third-order valence-corrected chi connectivity index (χ3v) is 3.74. The van der Waals surface area contributed by atoms with E-state index >= 15 is 0 Å². The van der Waals surface area contributed by atoms with Gasteiger partial charge in [0.1, 0.15) is 5.75 Å². The molecule has 0 unspecified atom stereocenters. The Bertz CT molecular complexity index is 773. The highest BCUT2D eigenvalue weighted by molar-refractivity contribution is 5.73. The molecule has 0 spiro atoms. The lowest BCUT2D eigenvalue weighted by atomic mass is 9.93. The number of halogens is 3. The highest BCUT2D eigenvalue weighted by Gasteiger charge is 2.34. The smallest absolute Gasteiger partial charge is 0.417 e. The molecule has 2 rings (SSSR count). The fraction of sp³-hybridized carbons (Fsp3) is 0.333.